The maximum absolute atomic E-state index is 11.7. The van der Waals surface area contributed by atoms with Crippen molar-refractivity contribution >= 4 is 5.91 Å². The van der Waals surface area contributed by atoms with Crippen LogP contribution >= 0.6 is 0 Å². The summed E-state index contributed by atoms with van der Waals surface area (Å²) < 4.78 is 4.81. The first-order valence-electron chi connectivity index (χ1n) is 4.99. The van der Waals surface area contributed by atoms with Gasteiger partial charge in [0.1, 0.15) is 6.04 Å². The number of ether oxygens (including phenoxy) is 1. The molecule has 0 aromatic carbocycles. The summed E-state index contributed by atoms with van der Waals surface area (Å²) in [6.07, 6.45) is 0. The lowest BCUT2D eigenvalue weighted by Gasteiger charge is -2.24. The fraction of sp³-hybridized carbons (Fsp3) is 0.800. The number of rotatable bonds is 6. The van der Waals surface area contributed by atoms with Crippen LogP contribution in [0.5, 0.6) is 0 Å². The van der Waals surface area contributed by atoms with E-state index >= 15 is 0 Å². The van der Waals surface area contributed by atoms with Gasteiger partial charge in [-0.3, -0.25) is 4.79 Å². The maximum atomic E-state index is 11.7. The van der Waals surface area contributed by atoms with E-state index in [1.807, 2.05) is 6.92 Å². The van der Waals surface area contributed by atoms with Crippen LogP contribution in [0.25, 0.3) is 0 Å². The predicted molar refractivity (Wildman–Crippen MR) is 56.9 cm³/mol. The van der Waals surface area contributed by atoms with Crippen molar-refractivity contribution in [2.24, 2.45) is 11.7 Å². The second-order valence-electron chi connectivity index (χ2n) is 3.47. The number of methoxy groups -OCH3 is 1. The van der Waals surface area contributed by atoms with E-state index < -0.39 is 6.04 Å². The molecule has 0 aliphatic heterocycles. The third-order valence-electron chi connectivity index (χ3n) is 2.07. The van der Waals surface area contributed by atoms with E-state index in [-0.39, 0.29) is 18.4 Å². The van der Waals surface area contributed by atoms with Gasteiger partial charge in [-0.15, -0.1) is 0 Å². The fourth-order valence-electron chi connectivity index (χ4n) is 1.23. The number of nitrogens with zero attached hydrogens (tertiary/aromatic N) is 2. The Morgan fingerprint density at radius 2 is 2.27 bits per heavy atom. The van der Waals surface area contributed by atoms with E-state index in [1.54, 1.807) is 11.8 Å². The zero-order chi connectivity index (χ0) is 11.8. The van der Waals surface area contributed by atoms with Crippen LogP contribution in [0.3, 0.4) is 0 Å². The minimum Gasteiger partial charge on any atom is -0.383 e. The van der Waals surface area contributed by atoms with Crippen LogP contribution in [0.4, 0.5) is 0 Å². The van der Waals surface area contributed by atoms with Gasteiger partial charge in [-0.1, -0.05) is 0 Å². The van der Waals surface area contributed by atoms with Crippen molar-refractivity contribution in [3.05, 3.63) is 0 Å². The van der Waals surface area contributed by atoms with Crippen LogP contribution in [0.1, 0.15) is 13.8 Å². The highest BCUT2D eigenvalue weighted by Gasteiger charge is 2.20. The van der Waals surface area contributed by atoms with Gasteiger partial charge in [-0.25, -0.2) is 0 Å². The minimum atomic E-state index is -0.638. The molecule has 0 heterocycles. The van der Waals surface area contributed by atoms with Crippen LogP contribution in [0, 0.1) is 17.2 Å². The zero-order valence-electron chi connectivity index (χ0n) is 9.56. The Balaban J connectivity index is 4.28. The van der Waals surface area contributed by atoms with E-state index in [0.717, 1.165) is 0 Å². The third kappa shape index (κ3) is 4.77. The van der Waals surface area contributed by atoms with Crippen LogP contribution in [-0.4, -0.2) is 43.7 Å². The number of nitriles is 1. The summed E-state index contributed by atoms with van der Waals surface area (Å²) in [7, 11) is 1.50. The molecular weight excluding hydrogens is 194 g/mol. The van der Waals surface area contributed by atoms with E-state index in [9.17, 15) is 4.79 Å². The van der Waals surface area contributed by atoms with Crippen molar-refractivity contribution in [3.63, 3.8) is 0 Å². The lowest BCUT2D eigenvalue weighted by molar-refractivity contribution is -0.133. The van der Waals surface area contributed by atoms with Crippen LogP contribution in [-0.2, 0) is 9.53 Å². The lowest BCUT2D eigenvalue weighted by atomic mass is 10.2. The first-order chi connectivity index (χ1) is 7.06. The van der Waals surface area contributed by atoms with Crippen LogP contribution in [0.15, 0.2) is 0 Å². The standard InChI is InChI=1S/C10H19N3O2/c1-4-13(6-8(2)5-11)10(14)9(12)7-15-3/h8-9H,4,6-7,12H2,1-3H3. The Bertz CT molecular complexity index is 237. The van der Waals surface area contributed by atoms with Crippen LogP contribution < -0.4 is 5.73 Å². The van der Waals surface area contributed by atoms with Gasteiger partial charge in [0.2, 0.25) is 5.91 Å². The quantitative estimate of drug-likeness (QED) is 0.672. The first-order valence-corrected chi connectivity index (χ1v) is 4.99. The molecule has 0 fully saturated rings. The number of carbonyl (C=O) groups is 1. The Morgan fingerprint density at radius 1 is 1.67 bits per heavy atom. The minimum absolute atomic E-state index is 0.165. The number of carbonyl (C=O) groups excluding carboxylic acids is 1. The Labute approximate surface area is 90.8 Å². The molecule has 0 aliphatic rings. The molecule has 0 rings (SSSR count). The first kappa shape index (κ1) is 13.9. The molecule has 5 nitrogen and oxygen atoms in total. The summed E-state index contributed by atoms with van der Waals surface area (Å²) in [4.78, 5) is 13.3. The summed E-state index contributed by atoms with van der Waals surface area (Å²) in [5.74, 6) is -0.343. The van der Waals surface area contributed by atoms with Gasteiger partial charge in [-0.2, -0.15) is 5.26 Å². The molecule has 2 atom stereocenters. The molecule has 15 heavy (non-hydrogen) atoms. The lowest BCUT2D eigenvalue weighted by Crippen LogP contribution is -2.47. The van der Waals surface area contributed by atoms with Gasteiger partial charge in [0, 0.05) is 20.2 Å². The molecule has 0 radical (unpaired) electrons. The largest absolute Gasteiger partial charge is 0.383 e. The topological polar surface area (TPSA) is 79.4 Å². The Hall–Kier alpha value is -1.12. The number of hydrogen-bond donors (Lipinski definition) is 1. The zero-order valence-corrected chi connectivity index (χ0v) is 9.56. The van der Waals surface area contributed by atoms with Gasteiger partial charge in [0.05, 0.1) is 18.6 Å². The highest BCUT2D eigenvalue weighted by atomic mass is 16.5. The van der Waals surface area contributed by atoms with Crippen molar-refractivity contribution in [1.29, 1.82) is 5.26 Å². The molecule has 0 aliphatic carbocycles. The highest BCUT2D eigenvalue weighted by Crippen LogP contribution is 2.01. The number of nitrogens with two attached hydrogens (primary N) is 1. The predicted octanol–water partition coefficient (Wildman–Crippen LogP) is -0.0317. The molecule has 0 aromatic rings. The molecule has 86 valence electrons. The second kappa shape index (κ2) is 7.21. The van der Waals surface area contributed by atoms with Crippen molar-refractivity contribution in [3.8, 4) is 6.07 Å². The summed E-state index contributed by atoms with van der Waals surface area (Å²) >= 11 is 0. The molecule has 5 heteroatoms. The average molecular weight is 213 g/mol. The molecular formula is C10H19N3O2. The summed E-state index contributed by atoms with van der Waals surface area (Å²) in [6.45, 7) is 4.82. The summed E-state index contributed by atoms with van der Waals surface area (Å²) in [6, 6.07) is 1.45. The molecule has 0 saturated carbocycles. The average Bonchev–Trinajstić information content (AvgIpc) is 2.24. The Morgan fingerprint density at radius 3 is 2.67 bits per heavy atom. The molecule has 0 saturated heterocycles. The van der Waals surface area contributed by atoms with Crippen molar-refractivity contribution < 1.29 is 9.53 Å². The molecule has 2 unspecified atom stereocenters. The maximum Gasteiger partial charge on any atom is 0.241 e. The smallest absolute Gasteiger partial charge is 0.241 e. The van der Waals surface area contributed by atoms with Crippen molar-refractivity contribution in [2.75, 3.05) is 26.8 Å². The SMILES string of the molecule is CCN(CC(C)C#N)C(=O)C(N)COC. The monoisotopic (exact) mass is 213 g/mol. The normalized spacial score (nSPS) is 14.1. The van der Waals surface area contributed by atoms with Crippen molar-refractivity contribution in [1.82, 2.24) is 4.90 Å². The molecule has 0 bridgehead atoms. The van der Waals surface area contributed by atoms with E-state index in [2.05, 4.69) is 6.07 Å². The fourth-order valence-corrected chi connectivity index (χ4v) is 1.23. The highest BCUT2D eigenvalue weighted by molar-refractivity contribution is 5.81. The van der Waals surface area contributed by atoms with E-state index in [0.29, 0.717) is 13.1 Å². The molecule has 2 N–H and O–H groups in total. The van der Waals surface area contributed by atoms with E-state index in [4.69, 9.17) is 15.7 Å². The number of amides is 1. The van der Waals surface area contributed by atoms with Crippen LogP contribution in [0.2, 0.25) is 0 Å². The van der Waals surface area contributed by atoms with Crippen molar-refractivity contribution in [2.45, 2.75) is 19.9 Å². The molecule has 1 amide bonds. The molecule has 0 aromatic heterocycles. The van der Waals surface area contributed by atoms with Gasteiger partial charge < -0.3 is 15.4 Å². The Kier molecular flexibility index (Phi) is 6.67. The number of likely N-dealkylation sites (N-methyl/N-ethyl adjacent to an activating group) is 1. The molecule has 0 spiro atoms. The number of hydrogen-bond acceptors (Lipinski definition) is 4. The third-order valence-corrected chi connectivity index (χ3v) is 2.07. The summed E-state index contributed by atoms with van der Waals surface area (Å²) in [5, 5.41) is 8.66. The van der Waals surface area contributed by atoms with Gasteiger partial charge >= 0.3 is 0 Å². The van der Waals surface area contributed by atoms with E-state index in [1.165, 1.54) is 7.11 Å². The van der Waals surface area contributed by atoms with Gasteiger partial charge in [0.25, 0.3) is 0 Å². The second-order valence-corrected chi connectivity index (χ2v) is 3.47. The summed E-state index contributed by atoms with van der Waals surface area (Å²) in [5.41, 5.74) is 5.62. The van der Waals surface area contributed by atoms with Gasteiger partial charge in [0.15, 0.2) is 0 Å². The van der Waals surface area contributed by atoms with Gasteiger partial charge in [-0.05, 0) is 13.8 Å².